The molecule has 2 rings (SSSR count). The van der Waals surface area contributed by atoms with E-state index in [-0.39, 0.29) is 6.54 Å². The number of aromatic nitrogens is 3. The Kier molecular flexibility index (Phi) is 3.84. The lowest BCUT2D eigenvalue weighted by Gasteiger charge is -2.23. The van der Waals surface area contributed by atoms with Crippen molar-refractivity contribution in [1.29, 1.82) is 0 Å². The average Bonchev–Trinajstić information content (AvgIpc) is 2.70. The monoisotopic (exact) mass is 311 g/mol. The summed E-state index contributed by atoms with van der Waals surface area (Å²) in [6, 6.07) is 9.54. The summed E-state index contributed by atoms with van der Waals surface area (Å²) in [5, 5.41) is 6.93. The second kappa shape index (κ2) is 5.14. The number of rotatable bonds is 4. The number of sulfone groups is 1. The van der Waals surface area contributed by atoms with E-state index < -0.39 is 14.6 Å². The zero-order chi connectivity index (χ0) is 15.0. The zero-order valence-electron chi connectivity index (χ0n) is 11.6. The van der Waals surface area contributed by atoms with Crippen LogP contribution in [0.1, 0.15) is 13.8 Å². The topological polar surface area (TPSA) is 67.8 Å². The van der Waals surface area contributed by atoms with Crippen LogP contribution in [-0.2, 0) is 16.4 Å². The van der Waals surface area contributed by atoms with E-state index in [2.05, 4.69) is 10.2 Å². The van der Waals surface area contributed by atoms with Crippen molar-refractivity contribution in [3.63, 3.8) is 0 Å². The predicted octanol–water partition coefficient (Wildman–Crippen LogP) is 2.43. The van der Waals surface area contributed by atoms with Crippen LogP contribution in [0.3, 0.4) is 0 Å². The third-order valence-electron chi connectivity index (χ3n) is 3.33. The summed E-state index contributed by atoms with van der Waals surface area (Å²) >= 11 is 5.21. The Bertz CT molecular complexity index is 758. The van der Waals surface area contributed by atoms with Crippen LogP contribution in [0.15, 0.2) is 30.3 Å². The van der Waals surface area contributed by atoms with Crippen LogP contribution in [0.5, 0.6) is 0 Å². The molecular formula is C13H17N3O2S2. The van der Waals surface area contributed by atoms with Crippen molar-refractivity contribution in [2.75, 3.05) is 6.26 Å². The molecule has 20 heavy (non-hydrogen) atoms. The fraction of sp³-hybridized carbons (Fsp3) is 0.385. The van der Waals surface area contributed by atoms with Crippen molar-refractivity contribution in [3.05, 3.63) is 35.1 Å². The lowest BCUT2D eigenvalue weighted by atomic mass is 10.2. The van der Waals surface area contributed by atoms with Gasteiger partial charge < -0.3 is 0 Å². The molecule has 0 fully saturated rings. The predicted molar refractivity (Wildman–Crippen MR) is 81.8 cm³/mol. The minimum atomic E-state index is -3.20. The smallest absolute Gasteiger partial charge is 0.195 e. The Balaban J connectivity index is 2.50. The van der Waals surface area contributed by atoms with Gasteiger partial charge in [0.15, 0.2) is 20.4 Å². The Hall–Kier alpha value is -1.47. The molecule has 0 aliphatic carbocycles. The van der Waals surface area contributed by atoms with Crippen LogP contribution in [-0.4, -0.2) is 34.2 Å². The number of nitrogens with zero attached hydrogens (tertiary/aromatic N) is 2. The molecule has 0 radical (unpaired) electrons. The van der Waals surface area contributed by atoms with E-state index in [0.29, 0.717) is 10.6 Å². The van der Waals surface area contributed by atoms with Crippen molar-refractivity contribution >= 4 is 22.1 Å². The Labute approximate surface area is 123 Å². The number of aromatic amines is 1. The minimum absolute atomic E-state index is 0.255. The average molecular weight is 311 g/mol. The molecule has 0 saturated carbocycles. The van der Waals surface area contributed by atoms with Crippen LogP contribution < -0.4 is 0 Å². The lowest BCUT2D eigenvalue weighted by molar-refractivity contribution is 0.502. The molecule has 2 aromatic rings. The van der Waals surface area contributed by atoms with Crippen LogP contribution in [0, 0.1) is 4.77 Å². The number of nitrogens with one attached hydrogen (secondary N) is 1. The summed E-state index contributed by atoms with van der Waals surface area (Å²) in [6.07, 6.45) is 1.24. The molecule has 0 amide bonds. The van der Waals surface area contributed by atoms with Crippen molar-refractivity contribution in [3.8, 4) is 11.4 Å². The highest BCUT2D eigenvalue weighted by Gasteiger charge is 2.32. The SMILES string of the molecule is CC(C)(Cn1c(-c2ccccc2)n[nH]c1=S)S(C)(=O)=O. The summed E-state index contributed by atoms with van der Waals surface area (Å²) in [4.78, 5) is 0. The number of hydrogen-bond donors (Lipinski definition) is 1. The summed E-state index contributed by atoms with van der Waals surface area (Å²) in [7, 11) is -3.20. The van der Waals surface area contributed by atoms with E-state index in [1.54, 1.807) is 18.4 Å². The highest BCUT2D eigenvalue weighted by molar-refractivity contribution is 7.92. The summed E-state index contributed by atoms with van der Waals surface area (Å²) in [5.41, 5.74) is 0.893. The summed E-state index contributed by atoms with van der Waals surface area (Å²) in [5.74, 6) is 0.646. The van der Waals surface area contributed by atoms with E-state index in [1.807, 2.05) is 30.3 Å². The van der Waals surface area contributed by atoms with E-state index >= 15 is 0 Å². The van der Waals surface area contributed by atoms with Gasteiger partial charge in [0.2, 0.25) is 0 Å². The van der Waals surface area contributed by atoms with Gasteiger partial charge in [0, 0.05) is 18.4 Å². The van der Waals surface area contributed by atoms with Gasteiger partial charge >= 0.3 is 0 Å². The summed E-state index contributed by atoms with van der Waals surface area (Å²) in [6.45, 7) is 3.63. The quantitative estimate of drug-likeness (QED) is 0.881. The molecular weight excluding hydrogens is 294 g/mol. The molecule has 1 heterocycles. The number of H-pyrrole nitrogens is 1. The molecule has 5 nitrogen and oxygen atoms in total. The third-order valence-corrected chi connectivity index (χ3v) is 5.78. The molecule has 0 saturated heterocycles. The maximum atomic E-state index is 11.9. The Morgan fingerprint density at radius 2 is 1.90 bits per heavy atom. The van der Waals surface area contributed by atoms with Crippen molar-refractivity contribution < 1.29 is 8.42 Å². The van der Waals surface area contributed by atoms with E-state index in [4.69, 9.17) is 12.2 Å². The Morgan fingerprint density at radius 1 is 1.30 bits per heavy atom. The van der Waals surface area contributed by atoms with Gasteiger partial charge in [0.25, 0.3) is 0 Å². The molecule has 0 spiro atoms. The third kappa shape index (κ3) is 2.83. The first-order chi connectivity index (χ1) is 9.22. The van der Waals surface area contributed by atoms with Gasteiger partial charge in [-0.2, -0.15) is 5.10 Å². The molecule has 108 valence electrons. The van der Waals surface area contributed by atoms with Crippen LogP contribution >= 0.6 is 12.2 Å². The molecule has 0 aliphatic rings. The van der Waals surface area contributed by atoms with Crippen LogP contribution in [0.2, 0.25) is 0 Å². The second-order valence-corrected chi connectivity index (χ2v) is 8.37. The number of benzene rings is 1. The van der Waals surface area contributed by atoms with Crippen LogP contribution in [0.25, 0.3) is 11.4 Å². The van der Waals surface area contributed by atoms with E-state index in [1.165, 1.54) is 6.26 Å². The van der Waals surface area contributed by atoms with Gasteiger partial charge in [-0.15, -0.1) is 0 Å². The fourth-order valence-corrected chi connectivity index (χ4v) is 2.33. The first-order valence-electron chi connectivity index (χ1n) is 6.12. The highest BCUT2D eigenvalue weighted by Crippen LogP contribution is 2.23. The molecule has 1 aromatic carbocycles. The maximum absolute atomic E-state index is 11.9. The maximum Gasteiger partial charge on any atom is 0.195 e. The van der Waals surface area contributed by atoms with Gasteiger partial charge in [-0.05, 0) is 26.1 Å². The standard InChI is InChI=1S/C13H17N3O2S2/c1-13(2,20(3,17)18)9-16-11(14-15-12(16)19)10-7-5-4-6-8-10/h4-8H,9H2,1-3H3,(H,15,19). The minimum Gasteiger partial charge on any atom is -0.299 e. The second-order valence-electron chi connectivity index (χ2n) is 5.34. The van der Waals surface area contributed by atoms with E-state index in [9.17, 15) is 8.42 Å². The van der Waals surface area contributed by atoms with Gasteiger partial charge in [-0.3, -0.25) is 9.67 Å². The zero-order valence-corrected chi connectivity index (χ0v) is 13.3. The first kappa shape index (κ1) is 14.9. The molecule has 1 aromatic heterocycles. The van der Waals surface area contributed by atoms with Crippen molar-refractivity contribution in [2.45, 2.75) is 25.1 Å². The van der Waals surface area contributed by atoms with Gasteiger partial charge in [0.1, 0.15) is 0 Å². The van der Waals surface area contributed by atoms with Gasteiger partial charge in [-0.25, -0.2) is 8.42 Å². The number of hydrogen-bond acceptors (Lipinski definition) is 4. The Morgan fingerprint density at radius 3 is 2.45 bits per heavy atom. The van der Waals surface area contributed by atoms with Crippen molar-refractivity contribution in [2.24, 2.45) is 0 Å². The normalized spacial score (nSPS) is 12.6. The molecule has 0 aliphatic heterocycles. The summed E-state index contributed by atoms with van der Waals surface area (Å²) < 4.78 is 24.9. The highest BCUT2D eigenvalue weighted by atomic mass is 32.2. The van der Waals surface area contributed by atoms with E-state index in [0.717, 1.165) is 5.56 Å². The molecule has 0 bridgehead atoms. The molecule has 0 atom stereocenters. The lowest BCUT2D eigenvalue weighted by Crippen LogP contribution is -2.36. The largest absolute Gasteiger partial charge is 0.299 e. The van der Waals surface area contributed by atoms with Crippen molar-refractivity contribution in [1.82, 2.24) is 14.8 Å². The first-order valence-corrected chi connectivity index (χ1v) is 8.42. The molecule has 7 heteroatoms. The van der Waals surface area contributed by atoms with Gasteiger partial charge in [-0.1, -0.05) is 30.3 Å². The fourth-order valence-electron chi connectivity index (χ4n) is 1.77. The molecule has 0 unspecified atom stereocenters. The van der Waals surface area contributed by atoms with Gasteiger partial charge in [0.05, 0.1) is 4.75 Å². The molecule has 1 N–H and O–H groups in total. The van der Waals surface area contributed by atoms with Crippen LogP contribution in [0.4, 0.5) is 0 Å².